The molecule has 0 amide bonds. The predicted molar refractivity (Wildman–Crippen MR) is 81.5 cm³/mol. The van der Waals surface area contributed by atoms with E-state index < -0.39 is 5.97 Å². The van der Waals surface area contributed by atoms with Gasteiger partial charge in [-0.25, -0.2) is 14.8 Å². The van der Waals surface area contributed by atoms with Gasteiger partial charge in [-0.3, -0.25) is 0 Å². The van der Waals surface area contributed by atoms with E-state index in [1.807, 2.05) is 24.3 Å². The van der Waals surface area contributed by atoms with E-state index >= 15 is 0 Å². The molecule has 5 nitrogen and oxygen atoms in total. The first-order chi connectivity index (χ1) is 10.1. The molecule has 0 bridgehead atoms. The molecule has 0 spiro atoms. The number of aromatic carboxylic acids is 1. The van der Waals surface area contributed by atoms with Gasteiger partial charge in [-0.15, -0.1) is 0 Å². The van der Waals surface area contributed by atoms with Crippen LogP contribution in [0.2, 0.25) is 0 Å². The summed E-state index contributed by atoms with van der Waals surface area (Å²) >= 11 is 1.45. The second-order valence-electron chi connectivity index (χ2n) is 4.38. The molecule has 6 heteroatoms. The van der Waals surface area contributed by atoms with Crippen LogP contribution in [0.15, 0.2) is 58.7 Å². The van der Waals surface area contributed by atoms with Gasteiger partial charge in [0, 0.05) is 11.0 Å². The third kappa shape index (κ3) is 2.80. The molecule has 3 aromatic rings. The predicted octanol–water partition coefficient (Wildman–Crippen LogP) is 3.06. The Balaban J connectivity index is 2.00. The van der Waals surface area contributed by atoms with Gasteiger partial charge in [0.2, 0.25) is 0 Å². The highest BCUT2D eigenvalue weighted by atomic mass is 32.2. The van der Waals surface area contributed by atoms with Gasteiger partial charge in [-0.2, -0.15) is 0 Å². The van der Waals surface area contributed by atoms with Crippen LogP contribution in [-0.4, -0.2) is 21.0 Å². The van der Waals surface area contributed by atoms with Gasteiger partial charge in [0.25, 0.3) is 0 Å². The number of carboxylic acid groups (broad SMARTS) is 1. The van der Waals surface area contributed by atoms with E-state index in [0.717, 1.165) is 20.7 Å². The average molecular weight is 297 g/mol. The molecule has 0 aliphatic heterocycles. The number of hydrogen-bond donors (Lipinski definition) is 2. The van der Waals surface area contributed by atoms with E-state index in [1.165, 1.54) is 18.1 Å². The number of hydrogen-bond acceptors (Lipinski definition) is 5. The quantitative estimate of drug-likeness (QED) is 0.722. The SMILES string of the molecule is Nc1cc(Sc2ccc3c(C(=O)O)cccc3c2)ncn1. The van der Waals surface area contributed by atoms with Crippen molar-refractivity contribution in [3.63, 3.8) is 0 Å². The summed E-state index contributed by atoms with van der Waals surface area (Å²) in [5, 5.41) is 11.5. The number of carbonyl (C=O) groups is 1. The largest absolute Gasteiger partial charge is 0.478 e. The highest BCUT2D eigenvalue weighted by molar-refractivity contribution is 7.99. The number of benzene rings is 2. The zero-order valence-corrected chi connectivity index (χ0v) is 11.7. The topological polar surface area (TPSA) is 89.1 Å². The van der Waals surface area contributed by atoms with E-state index in [4.69, 9.17) is 5.73 Å². The van der Waals surface area contributed by atoms with Crippen LogP contribution >= 0.6 is 11.8 Å². The van der Waals surface area contributed by atoms with Gasteiger partial charge in [-0.1, -0.05) is 30.0 Å². The third-order valence-corrected chi connectivity index (χ3v) is 3.89. The lowest BCUT2D eigenvalue weighted by Gasteiger charge is -2.05. The Labute approximate surface area is 124 Å². The second kappa shape index (κ2) is 5.41. The summed E-state index contributed by atoms with van der Waals surface area (Å²) in [4.78, 5) is 20.1. The minimum atomic E-state index is -0.926. The first kappa shape index (κ1) is 13.4. The van der Waals surface area contributed by atoms with Gasteiger partial charge in [-0.05, 0) is 29.0 Å². The number of rotatable bonds is 3. The van der Waals surface area contributed by atoms with Crippen molar-refractivity contribution in [2.75, 3.05) is 5.73 Å². The van der Waals surface area contributed by atoms with Crippen LogP contribution in [0, 0.1) is 0 Å². The van der Waals surface area contributed by atoms with E-state index in [1.54, 1.807) is 18.2 Å². The minimum Gasteiger partial charge on any atom is -0.478 e. The van der Waals surface area contributed by atoms with Crippen LogP contribution in [0.5, 0.6) is 0 Å². The molecule has 104 valence electrons. The number of nitrogen functional groups attached to an aromatic ring is 1. The Kier molecular flexibility index (Phi) is 3.45. The van der Waals surface area contributed by atoms with E-state index in [-0.39, 0.29) is 0 Å². The van der Waals surface area contributed by atoms with Crippen molar-refractivity contribution in [1.82, 2.24) is 9.97 Å². The fraction of sp³-hybridized carbons (Fsp3) is 0. The van der Waals surface area contributed by atoms with Crippen molar-refractivity contribution >= 4 is 34.3 Å². The standard InChI is InChI=1S/C15H11N3O2S/c16-13-7-14(18-8-17-13)21-10-4-5-11-9(6-10)2-1-3-12(11)15(19)20/h1-8H,(H,19,20)(H2,16,17,18). The highest BCUT2D eigenvalue weighted by Crippen LogP contribution is 2.30. The summed E-state index contributed by atoms with van der Waals surface area (Å²) in [6.45, 7) is 0. The maximum atomic E-state index is 11.2. The van der Waals surface area contributed by atoms with Crippen LogP contribution in [0.4, 0.5) is 5.82 Å². The fourth-order valence-electron chi connectivity index (χ4n) is 2.04. The molecule has 0 saturated carbocycles. The molecular weight excluding hydrogens is 286 g/mol. The molecule has 1 aromatic heterocycles. The Bertz CT molecular complexity index is 836. The summed E-state index contributed by atoms with van der Waals surface area (Å²) in [6.07, 6.45) is 1.42. The molecule has 0 fully saturated rings. The van der Waals surface area contributed by atoms with Crippen molar-refractivity contribution in [2.24, 2.45) is 0 Å². The molecule has 0 aliphatic rings. The molecule has 1 heterocycles. The average Bonchev–Trinajstić information content (AvgIpc) is 2.46. The molecular formula is C15H11N3O2S. The van der Waals surface area contributed by atoms with Crippen LogP contribution in [-0.2, 0) is 0 Å². The zero-order valence-electron chi connectivity index (χ0n) is 10.9. The lowest BCUT2D eigenvalue weighted by molar-refractivity contribution is 0.0699. The summed E-state index contributed by atoms with van der Waals surface area (Å²) in [7, 11) is 0. The van der Waals surface area contributed by atoms with Gasteiger partial charge in [0.1, 0.15) is 17.2 Å². The molecule has 3 rings (SSSR count). The molecule has 0 saturated heterocycles. The fourth-order valence-corrected chi connectivity index (χ4v) is 2.88. The number of nitrogens with two attached hydrogens (primary N) is 1. The molecule has 2 aromatic carbocycles. The van der Waals surface area contributed by atoms with E-state index in [2.05, 4.69) is 9.97 Å². The van der Waals surface area contributed by atoms with Crippen molar-refractivity contribution in [3.8, 4) is 0 Å². The number of fused-ring (bicyclic) bond motifs is 1. The van der Waals surface area contributed by atoms with Crippen molar-refractivity contribution < 1.29 is 9.90 Å². The second-order valence-corrected chi connectivity index (χ2v) is 5.47. The van der Waals surface area contributed by atoms with Gasteiger partial charge >= 0.3 is 5.97 Å². The monoisotopic (exact) mass is 297 g/mol. The summed E-state index contributed by atoms with van der Waals surface area (Å²) < 4.78 is 0. The molecule has 0 aliphatic carbocycles. The Morgan fingerprint density at radius 2 is 2.00 bits per heavy atom. The van der Waals surface area contributed by atoms with Gasteiger partial charge in [0.15, 0.2) is 0 Å². The summed E-state index contributed by atoms with van der Waals surface area (Å²) in [5.74, 6) is -0.508. The molecule has 3 N–H and O–H groups in total. The van der Waals surface area contributed by atoms with E-state index in [0.29, 0.717) is 11.4 Å². The zero-order chi connectivity index (χ0) is 14.8. The van der Waals surface area contributed by atoms with Crippen LogP contribution in [0.3, 0.4) is 0 Å². The number of anilines is 1. The number of carboxylic acids is 1. The van der Waals surface area contributed by atoms with Crippen molar-refractivity contribution in [1.29, 1.82) is 0 Å². The summed E-state index contributed by atoms with van der Waals surface area (Å²) in [5.41, 5.74) is 5.93. The first-order valence-electron chi connectivity index (χ1n) is 6.15. The summed E-state index contributed by atoms with van der Waals surface area (Å²) in [6, 6.07) is 12.5. The number of nitrogens with zero attached hydrogens (tertiary/aromatic N) is 2. The minimum absolute atomic E-state index is 0.301. The maximum Gasteiger partial charge on any atom is 0.336 e. The van der Waals surface area contributed by atoms with Gasteiger partial charge in [0.05, 0.1) is 5.56 Å². The smallest absolute Gasteiger partial charge is 0.336 e. The highest BCUT2D eigenvalue weighted by Gasteiger charge is 2.08. The maximum absolute atomic E-state index is 11.2. The molecule has 0 unspecified atom stereocenters. The van der Waals surface area contributed by atoms with Crippen LogP contribution < -0.4 is 5.73 Å². The number of aromatic nitrogens is 2. The Morgan fingerprint density at radius 1 is 1.14 bits per heavy atom. The van der Waals surface area contributed by atoms with Gasteiger partial charge < -0.3 is 10.8 Å². The lowest BCUT2D eigenvalue weighted by atomic mass is 10.1. The van der Waals surface area contributed by atoms with E-state index in [9.17, 15) is 9.90 Å². The molecule has 21 heavy (non-hydrogen) atoms. The van der Waals surface area contributed by atoms with Crippen molar-refractivity contribution in [3.05, 3.63) is 54.4 Å². The van der Waals surface area contributed by atoms with Crippen LogP contribution in [0.1, 0.15) is 10.4 Å². The Morgan fingerprint density at radius 3 is 2.76 bits per heavy atom. The molecule has 0 radical (unpaired) electrons. The normalized spacial score (nSPS) is 10.7. The van der Waals surface area contributed by atoms with Crippen molar-refractivity contribution in [2.45, 2.75) is 9.92 Å². The molecule has 0 atom stereocenters. The Hall–Kier alpha value is -2.60. The lowest BCUT2D eigenvalue weighted by Crippen LogP contribution is -1.96. The third-order valence-electron chi connectivity index (χ3n) is 2.97. The van der Waals surface area contributed by atoms with Crippen LogP contribution in [0.25, 0.3) is 10.8 Å². The first-order valence-corrected chi connectivity index (χ1v) is 6.96.